The summed E-state index contributed by atoms with van der Waals surface area (Å²) in [4.78, 5) is 16.2. The highest BCUT2D eigenvalue weighted by atomic mass is 16.1. The molecule has 3 aromatic rings. The van der Waals surface area contributed by atoms with Crippen molar-refractivity contribution >= 4 is 11.6 Å². The summed E-state index contributed by atoms with van der Waals surface area (Å²) in [5.41, 5.74) is 1.06. The maximum atomic E-state index is 12.1. The average Bonchev–Trinajstić information content (AvgIpc) is 3.12. The van der Waals surface area contributed by atoms with Crippen LogP contribution in [0.3, 0.4) is 0 Å². The zero-order valence-corrected chi connectivity index (χ0v) is 10.8. The number of nitrogens with zero attached hydrogens (tertiary/aromatic N) is 5. The number of fused-ring (bicyclic) bond motifs is 1. The van der Waals surface area contributed by atoms with Crippen molar-refractivity contribution in [2.75, 3.05) is 6.54 Å². The predicted molar refractivity (Wildman–Crippen MR) is 72.2 cm³/mol. The van der Waals surface area contributed by atoms with E-state index in [0.29, 0.717) is 17.8 Å². The minimum Gasteiger partial charge on any atom is -0.352 e. The molecule has 0 aromatic carbocycles. The van der Waals surface area contributed by atoms with Crippen LogP contribution in [0.5, 0.6) is 0 Å². The van der Waals surface area contributed by atoms with E-state index in [4.69, 9.17) is 0 Å². The molecule has 3 rings (SSSR count). The lowest BCUT2D eigenvalue weighted by molar-refractivity contribution is 0.0954. The average molecular weight is 270 g/mol. The maximum absolute atomic E-state index is 12.1. The summed E-state index contributed by atoms with van der Waals surface area (Å²) in [5, 5.41) is 11.1. The quantitative estimate of drug-likeness (QED) is 0.694. The van der Waals surface area contributed by atoms with Gasteiger partial charge in [-0.1, -0.05) is 0 Å². The molecule has 1 N–H and O–H groups in total. The molecule has 0 aliphatic rings. The Balaban J connectivity index is 1.56. The highest BCUT2D eigenvalue weighted by Gasteiger charge is 2.12. The van der Waals surface area contributed by atoms with Gasteiger partial charge < -0.3 is 5.32 Å². The Kier molecular flexibility index (Phi) is 3.40. The first-order valence-corrected chi connectivity index (χ1v) is 6.38. The monoisotopic (exact) mass is 270 g/mol. The van der Waals surface area contributed by atoms with Crippen LogP contribution < -0.4 is 5.32 Å². The van der Waals surface area contributed by atoms with E-state index in [1.807, 2.05) is 16.9 Å². The Hall–Kier alpha value is -2.70. The second-order valence-corrected chi connectivity index (χ2v) is 4.32. The van der Waals surface area contributed by atoms with Crippen molar-refractivity contribution in [3.05, 3.63) is 48.7 Å². The fourth-order valence-corrected chi connectivity index (χ4v) is 1.96. The largest absolute Gasteiger partial charge is 0.352 e. The second-order valence-electron chi connectivity index (χ2n) is 4.32. The van der Waals surface area contributed by atoms with Gasteiger partial charge in [0.15, 0.2) is 5.65 Å². The third-order valence-corrected chi connectivity index (χ3v) is 2.93. The van der Waals surface area contributed by atoms with E-state index in [9.17, 15) is 4.79 Å². The summed E-state index contributed by atoms with van der Waals surface area (Å²) >= 11 is 0. The van der Waals surface area contributed by atoms with Crippen LogP contribution in [0.2, 0.25) is 0 Å². The zero-order valence-electron chi connectivity index (χ0n) is 10.8. The van der Waals surface area contributed by atoms with Gasteiger partial charge in [0, 0.05) is 37.9 Å². The molecule has 1 amide bonds. The summed E-state index contributed by atoms with van der Waals surface area (Å²) in [6, 6.07) is 3.65. The van der Waals surface area contributed by atoms with Crippen LogP contribution in [0.15, 0.2) is 43.1 Å². The fraction of sp³-hybridized carbons (Fsp3) is 0.231. The van der Waals surface area contributed by atoms with Gasteiger partial charge in [-0.05, 0) is 18.6 Å². The minimum absolute atomic E-state index is 0.154. The molecule has 0 aliphatic carbocycles. The van der Waals surface area contributed by atoms with Gasteiger partial charge in [-0.2, -0.15) is 10.2 Å². The fourth-order valence-electron chi connectivity index (χ4n) is 1.96. The van der Waals surface area contributed by atoms with Crippen molar-refractivity contribution in [1.29, 1.82) is 0 Å². The molecule has 102 valence electrons. The molecule has 0 fully saturated rings. The van der Waals surface area contributed by atoms with Crippen LogP contribution in [0.25, 0.3) is 5.65 Å². The molecule has 0 atom stereocenters. The zero-order chi connectivity index (χ0) is 13.8. The van der Waals surface area contributed by atoms with E-state index in [1.54, 1.807) is 29.2 Å². The van der Waals surface area contributed by atoms with Gasteiger partial charge >= 0.3 is 0 Å². The van der Waals surface area contributed by atoms with Crippen LogP contribution in [0.4, 0.5) is 0 Å². The van der Waals surface area contributed by atoms with Gasteiger partial charge in [0.2, 0.25) is 0 Å². The molecule has 0 saturated heterocycles. The lowest BCUT2D eigenvalue weighted by atomic mass is 10.3. The van der Waals surface area contributed by atoms with Gasteiger partial charge in [-0.15, -0.1) is 0 Å². The molecule has 0 aliphatic heterocycles. The number of amides is 1. The molecule has 0 bridgehead atoms. The Bertz CT molecular complexity index is 703. The number of carbonyl (C=O) groups excluding carboxylic acids is 1. The number of aromatic nitrogens is 5. The Morgan fingerprint density at radius 3 is 2.95 bits per heavy atom. The minimum atomic E-state index is -0.154. The first kappa shape index (κ1) is 12.3. The summed E-state index contributed by atoms with van der Waals surface area (Å²) in [6.07, 6.45) is 9.40. The van der Waals surface area contributed by atoms with E-state index >= 15 is 0 Å². The van der Waals surface area contributed by atoms with Gasteiger partial charge in [-0.3, -0.25) is 9.48 Å². The first-order chi connectivity index (χ1) is 9.84. The molecule has 0 radical (unpaired) electrons. The molecule has 7 heteroatoms. The highest BCUT2D eigenvalue weighted by Crippen LogP contribution is 2.06. The molecule has 7 nitrogen and oxygen atoms in total. The van der Waals surface area contributed by atoms with E-state index < -0.39 is 0 Å². The number of hydrogen-bond acceptors (Lipinski definition) is 4. The van der Waals surface area contributed by atoms with Gasteiger partial charge in [0.05, 0.1) is 6.20 Å². The predicted octanol–water partition coefficient (Wildman–Crippen LogP) is 0.746. The van der Waals surface area contributed by atoms with Crippen LogP contribution in [-0.4, -0.2) is 36.8 Å². The highest BCUT2D eigenvalue weighted by molar-refractivity contribution is 5.99. The Morgan fingerprint density at radius 1 is 1.20 bits per heavy atom. The second kappa shape index (κ2) is 5.52. The van der Waals surface area contributed by atoms with Crippen molar-refractivity contribution in [1.82, 2.24) is 29.7 Å². The molecule has 0 spiro atoms. The van der Waals surface area contributed by atoms with Gasteiger partial charge in [0.25, 0.3) is 5.91 Å². The number of carbonyl (C=O) groups is 1. The summed E-state index contributed by atoms with van der Waals surface area (Å²) in [7, 11) is 0. The van der Waals surface area contributed by atoms with E-state index in [0.717, 1.165) is 13.0 Å². The summed E-state index contributed by atoms with van der Waals surface area (Å²) in [6.45, 7) is 1.36. The van der Waals surface area contributed by atoms with Crippen molar-refractivity contribution in [2.24, 2.45) is 0 Å². The number of rotatable bonds is 5. The summed E-state index contributed by atoms with van der Waals surface area (Å²) in [5.74, 6) is -0.154. The third-order valence-electron chi connectivity index (χ3n) is 2.93. The van der Waals surface area contributed by atoms with Gasteiger partial charge in [-0.25, -0.2) is 9.50 Å². The lowest BCUT2D eigenvalue weighted by Crippen LogP contribution is -2.25. The SMILES string of the molecule is O=C(NCCCn1cccn1)c1cnn2cccnc12. The standard InChI is InChI=1S/C13H14N6O/c20-13(15-5-1-7-18-8-3-6-16-18)11-10-17-19-9-2-4-14-12(11)19/h2-4,6,8-10H,1,5,7H2,(H,15,20). The van der Waals surface area contributed by atoms with Crippen molar-refractivity contribution in [3.8, 4) is 0 Å². The number of hydrogen-bond donors (Lipinski definition) is 1. The first-order valence-electron chi connectivity index (χ1n) is 6.38. The summed E-state index contributed by atoms with van der Waals surface area (Å²) < 4.78 is 3.42. The van der Waals surface area contributed by atoms with Crippen LogP contribution in [0, 0.1) is 0 Å². The molecule has 20 heavy (non-hydrogen) atoms. The normalized spacial score (nSPS) is 10.8. The Labute approximate surface area is 115 Å². The lowest BCUT2D eigenvalue weighted by Gasteiger charge is -2.04. The van der Waals surface area contributed by atoms with Crippen molar-refractivity contribution in [2.45, 2.75) is 13.0 Å². The van der Waals surface area contributed by atoms with E-state index in [1.165, 1.54) is 6.20 Å². The number of nitrogens with one attached hydrogen (secondary N) is 1. The Morgan fingerprint density at radius 2 is 2.10 bits per heavy atom. The van der Waals surface area contributed by atoms with E-state index in [2.05, 4.69) is 20.5 Å². The molecule has 3 aromatic heterocycles. The van der Waals surface area contributed by atoms with Crippen molar-refractivity contribution < 1.29 is 4.79 Å². The molecular formula is C13H14N6O. The van der Waals surface area contributed by atoms with E-state index in [-0.39, 0.29) is 5.91 Å². The van der Waals surface area contributed by atoms with Crippen LogP contribution in [-0.2, 0) is 6.54 Å². The molecule has 0 saturated carbocycles. The smallest absolute Gasteiger partial charge is 0.256 e. The number of aryl methyl sites for hydroxylation is 1. The molecule has 0 unspecified atom stereocenters. The third kappa shape index (κ3) is 2.51. The van der Waals surface area contributed by atoms with Gasteiger partial charge in [0.1, 0.15) is 5.56 Å². The topological polar surface area (TPSA) is 77.1 Å². The van der Waals surface area contributed by atoms with Crippen molar-refractivity contribution in [3.63, 3.8) is 0 Å². The molecule has 3 heterocycles. The van der Waals surface area contributed by atoms with Crippen LogP contribution in [0.1, 0.15) is 16.8 Å². The molecular weight excluding hydrogens is 256 g/mol. The van der Waals surface area contributed by atoms with Crippen LogP contribution >= 0.6 is 0 Å². The maximum Gasteiger partial charge on any atom is 0.256 e.